The molecule has 4 aliphatic carbocycles. The first kappa shape index (κ1) is 17.6. The molecule has 4 aliphatic rings. The van der Waals surface area contributed by atoms with Crippen LogP contribution in [0.3, 0.4) is 0 Å². The molecule has 0 bridgehead atoms. The minimum atomic E-state index is -1.15. The molecule has 0 amide bonds. The molecule has 0 aromatic heterocycles. The van der Waals surface area contributed by atoms with Gasteiger partial charge in [-0.25, -0.2) is 0 Å². The number of fused-ring (bicyclic) bond motifs is 5. The molecule has 0 spiro atoms. The highest BCUT2D eigenvalue weighted by molar-refractivity contribution is 5.27. The third-order valence-electron chi connectivity index (χ3n) is 8.90. The summed E-state index contributed by atoms with van der Waals surface area (Å²) in [6.45, 7) is 4.56. The van der Waals surface area contributed by atoms with E-state index < -0.39 is 11.7 Å². The van der Waals surface area contributed by atoms with E-state index in [-0.39, 0.29) is 16.9 Å². The van der Waals surface area contributed by atoms with Gasteiger partial charge in [0.1, 0.15) is 11.7 Å². The zero-order valence-corrected chi connectivity index (χ0v) is 15.5. The van der Waals surface area contributed by atoms with Gasteiger partial charge in [-0.05, 0) is 74.5 Å². The second-order valence-electron chi connectivity index (χ2n) is 9.64. The van der Waals surface area contributed by atoms with Gasteiger partial charge in [0.2, 0.25) is 0 Å². The van der Waals surface area contributed by atoms with Crippen LogP contribution in [0.15, 0.2) is 11.6 Å². The quantitative estimate of drug-likeness (QED) is 0.506. The Morgan fingerprint density at radius 2 is 1.88 bits per heavy atom. The third kappa shape index (κ3) is 2.17. The summed E-state index contributed by atoms with van der Waals surface area (Å²) < 4.78 is 0. The molecule has 0 aliphatic heterocycles. The minimum Gasteiger partial charge on any atom is -0.393 e. The Morgan fingerprint density at radius 1 is 1.16 bits per heavy atom. The van der Waals surface area contributed by atoms with Crippen LogP contribution in [0.1, 0.15) is 65.2 Å². The maximum Gasteiger partial charge on any atom is 0.143 e. The van der Waals surface area contributed by atoms with Crippen molar-refractivity contribution in [2.24, 2.45) is 28.6 Å². The highest BCUT2D eigenvalue weighted by Gasteiger charge is 2.65. The van der Waals surface area contributed by atoms with Crippen molar-refractivity contribution in [1.29, 1.82) is 0 Å². The van der Waals surface area contributed by atoms with E-state index in [1.807, 2.05) is 0 Å². The highest BCUT2D eigenvalue weighted by atomic mass is 16.3. The number of terminal acetylenes is 1. The molecule has 3 saturated carbocycles. The summed E-state index contributed by atoms with van der Waals surface area (Å²) in [6, 6.07) is 0. The number of aliphatic hydroxyl groups is 3. The van der Waals surface area contributed by atoms with Crippen molar-refractivity contribution in [2.45, 2.75) is 83.0 Å². The lowest BCUT2D eigenvalue weighted by molar-refractivity contribution is -0.160. The van der Waals surface area contributed by atoms with Crippen molar-refractivity contribution in [3.8, 4) is 12.3 Å². The topological polar surface area (TPSA) is 60.7 Å². The highest BCUT2D eigenvalue weighted by Crippen LogP contribution is 2.67. The average molecular weight is 344 g/mol. The van der Waals surface area contributed by atoms with Crippen LogP contribution in [-0.4, -0.2) is 33.1 Å². The van der Waals surface area contributed by atoms with Crippen molar-refractivity contribution in [3.05, 3.63) is 11.6 Å². The van der Waals surface area contributed by atoms with Crippen LogP contribution in [0.25, 0.3) is 0 Å². The summed E-state index contributed by atoms with van der Waals surface area (Å²) in [6.07, 6.45) is 14.0. The fourth-order valence-electron chi connectivity index (χ4n) is 7.28. The van der Waals surface area contributed by atoms with E-state index in [1.165, 1.54) is 5.57 Å². The Labute approximate surface area is 151 Å². The summed E-state index contributed by atoms with van der Waals surface area (Å²) in [7, 11) is 0. The second-order valence-corrected chi connectivity index (χ2v) is 9.64. The molecule has 0 heterocycles. The lowest BCUT2D eigenvalue weighted by Gasteiger charge is -2.59. The summed E-state index contributed by atoms with van der Waals surface area (Å²) in [5.41, 5.74) is 0.225. The molecule has 4 rings (SSSR count). The van der Waals surface area contributed by atoms with E-state index in [0.29, 0.717) is 24.2 Å². The monoisotopic (exact) mass is 344 g/mol. The van der Waals surface area contributed by atoms with E-state index in [1.54, 1.807) is 0 Å². The van der Waals surface area contributed by atoms with Crippen LogP contribution in [-0.2, 0) is 0 Å². The number of hydrogen-bond donors (Lipinski definition) is 3. The van der Waals surface area contributed by atoms with E-state index in [2.05, 4.69) is 25.8 Å². The molecule has 138 valence electrons. The van der Waals surface area contributed by atoms with E-state index >= 15 is 0 Å². The van der Waals surface area contributed by atoms with Gasteiger partial charge < -0.3 is 15.3 Å². The molecule has 3 nitrogen and oxygen atoms in total. The molecule has 0 aromatic rings. The Kier molecular flexibility index (Phi) is 3.93. The Morgan fingerprint density at radius 3 is 2.60 bits per heavy atom. The number of allylic oxidation sites excluding steroid dienone is 1. The molecular formula is C22H32O3. The Balaban J connectivity index is 1.68. The first-order valence-corrected chi connectivity index (χ1v) is 10.0. The van der Waals surface area contributed by atoms with Gasteiger partial charge in [-0.15, -0.1) is 6.42 Å². The van der Waals surface area contributed by atoms with Crippen molar-refractivity contribution in [1.82, 2.24) is 0 Å². The van der Waals surface area contributed by atoms with Crippen LogP contribution in [0, 0.1) is 40.9 Å². The molecule has 0 aromatic carbocycles. The molecule has 3 N–H and O–H groups in total. The molecule has 3 heteroatoms. The van der Waals surface area contributed by atoms with Crippen LogP contribution in [0.4, 0.5) is 0 Å². The van der Waals surface area contributed by atoms with E-state index in [4.69, 9.17) is 6.42 Å². The first-order valence-electron chi connectivity index (χ1n) is 10.0. The zero-order chi connectivity index (χ0) is 18.0. The van der Waals surface area contributed by atoms with Gasteiger partial charge >= 0.3 is 0 Å². The average Bonchev–Trinajstić information content (AvgIpc) is 2.87. The molecule has 8 atom stereocenters. The van der Waals surface area contributed by atoms with Crippen molar-refractivity contribution in [2.75, 3.05) is 0 Å². The summed E-state index contributed by atoms with van der Waals surface area (Å²) in [4.78, 5) is 0. The van der Waals surface area contributed by atoms with Gasteiger partial charge in [-0.2, -0.15) is 0 Å². The normalized spacial score (nSPS) is 53.0. The van der Waals surface area contributed by atoms with Crippen LogP contribution < -0.4 is 0 Å². The standard InChI is InChI=1S/C22H32O3/c1-4-19(24)22(25)12-9-18-16-6-5-14-13-15(23)7-10-20(14,2)17(16)8-11-21(18,22)3/h1,5,15-19,23-25H,6-13H2,2-3H3/t15-,16+,17-,18-,19-,20-,21-,22+/m0/s1. The van der Waals surface area contributed by atoms with Gasteiger partial charge in [0.25, 0.3) is 0 Å². The number of rotatable bonds is 1. The summed E-state index contributed by atoms with van der Waals surface area (Å²) in [5.74, 6) is 4.00. The molecule has 0 radical (unpaired) electrons. The molecule has 0 saturated heterocycles. The van der Waals surface area contributed by atoms with Crippen LogP contribution in [0.2, 0.25) is 0 Å². The van der Waals surface area contributed by atoms with Crippen molar-refractivity contribution >= 4 is 0 Å². The van der Waals surface area contributed by atoms with Gasteiger partial charge in [-0.3, -0.25) is 0 Å². The predicted molar refractivity (Wildman–Crippen MR) is 97.5 cm³/mol. The Bertz CT molecular complexity index is 634. The number of aliphatic hydroxyl groups excluding tert-OH is 2. The first-order chi connectivity index (χ1) is 11.8. The smallest absolute Gasteiger partial charge is 0.143 e. The number of hydrogen-bond acceptors (Lipinski definition) is 3. The fraction of sp³-hybridized carbons (Fsp3) is 0.818. The molecule has 3 fully saturated rings. The van der Waals surface area contributed by atoms with E-state index in [0.717, 1.165) is 44.9 Å². The van der Waals surface area contributed by atoms with Crippen LogP contribution in [0.5, 0.6) is 0 Å². The second kappa shape index (κ2) is 5.59. The van der Waals surface area contributed by atoms with Gasteiger partial charge in [0.15, 0.2) is 0 Å². The molecule has 0 unspecified atom stereocenters. The van der Waals surface area contributed by atoms with Crippen LogP contribution >= 0.6 is 0 Å². The van der Waals surface area contributed by atoms with Gasteiger partial charge in [0.05, 0.1) is 6.10 Å². The maximum absolute atomic E-state index is 11.3. The maximum atomic E-state index is 11.3. The lowest BCUT2D eigenvalue weighted by atomic mass is 9.46. The minimum absolute atomic E-state index is 0.174. The SMILES string of the molecule is C#C[C@H](O)[C@]1(O)CC[C@H]2[C@@H]3CC=C4C[C@@H](O)CC[C@]4(C)[C@H]3CC[C@@]21C. The Hall–Kier alpha value is -0.820. The van der Waals surface area contributed by atoms with Crippen molar-refractivity contribution < 1.29 is 15.3 Å². The zero-order valence-electron chi connectivity index (χ0n) is 15.5. The van der Waals surface area contributed by atoms with Gasteiger partial charge in [0, 0.05) is 5.41 Å². The van der Waals surface area contributed by atoms with Gasteiger partial charge in [-0.1, -0.05) is 31.4 Å². The fourth-order valence-corrected chi connectivity index (χ4v) is 7.28. The molecule has 25 heavy (non-hydrogen) atoms. The van der Waals surface area contributed by atoms with Crippen molar-refractivity contribution in [3.63, 3.8) is 0 Å². The third-order valence-corrected chi connectivity index (χ3v) is 8.90. The lowest BCUT2D eigenvalue weighted by Crippen LogP contribution is -2.58. The van der Waals surface area contributed by atoms with E-state index in [9.17, 15) is 15.3 Å². The molecular weight excluding hydrogens is 312 g/mol. The predicted octanol–water partition coefficient (Wildman–Crippen LogP) is 3.04. The summed E-state index contributed by atoms with van der Waals surface area (Å²) in [5, 5.41) is 31.7. The largest absolute Gasteiger partial charge is 0.393 e. The summed E-state index contributed by atoms with van der Waals surface area (Å²) >= 11 is 0.